The van der Waals surface area contributed by atoms with Gasteiger partial charge in [-0.1, -0.05) is 59.1 Å². The van der Waals surface area contributed by atoms with Gasteiger partial charge in [0.05, 0.1) is 17.7 Å². The second-order valence-corrected chi connectivity index (χ2v) is 13.4. The number of anilines is 1. The number of ether oxygens (including phenoxy) is 1. The molecule has 0 aromatic heterocycles. The first-order valence-corrected chi connectivity index (χ1v) is 15.1. The van der Waals surface area contributed by atoms with Crippen molar-refractivity contribution in [1.29, 1.82) is 0 Å². The molecule has 3 aromatic carbocycles. The molecule has 11 heteroatoms. The summed E-state index contributed by atoms with van der Waals surface area (Å²) in [6.45, 7) is 8.27. The van der Waals surface area contributed by atoms with Crippen LogP contribution < -0.4 is 14.4 Å². The van der Waals surface area contributed by atoms with Gasteiger partial charge in [-0.05, 0) is 76.6 Å². The zero-order chi connectivity index (χ0) is 30.5. The standard InChI is InChI=1S/C30H35Cl2N3O5S/c1-20-11-15-24(16-12-20)41(38,39)35(26-9-7-8-10-27(26)40-6)19-28(36)34(21(2)29(37)33-30(3,4)5)18-22-13-14-23(31)17-25(22)32/h7-17,21H,18-19H2,1-6H3,(H,33,37)/t21-/m1/s1. The van der Waals surface area contributed by atoms with Gasteiger partial charge in [0.15, 0.2) is 0 Å². The summed E-state index contributed by atoms with van der Waals surface area (Å²) in [6, 6.07) is 16.8. The number of nitrogens with one attached hydrogen (secondary N) is 1. The fourth-order valence-electron chi connectivity index (χ4n) is 4.08. The van der Waals surface area contributed by atoms with Crippen molar-refractivity contribution in [2.24, 2.45) is 0 Å². The smallest absolute Gasteiger partial charge is 0.264 e. The summed E-state index contributed by atoms with van der Waals surface area (Å²) in [5.41, 5.74) is 1.05. The average Bonchev–Trinajstić information content (AvgIpc) is 2.90. The lowest BCUT2D eigenvalue weighted by Gasteiger charge is -2.34. The van der Waals surface area contributed by atoms with E-state index >= 15 is 0 Å². The summed E-state index contributed by atoms with van der Waals surface area (Å²) in [7, 11) is -2.81. The van der Waals surface area contributed by atoms with Crippen molar-refractivity contribution >= 4 is 50.7 Å². The van der Waals surface area contributed by atoms with Crippen LogP contribution in [0.4, 0.5) is 5.69 Å². The summed E-state index contributed by atoms with van der Waals surface area (Å²) in [5.74, 6) is -0.753. The molecule has 2 amide bonds. The highest BCUT2D eigenvalue weighted by Gasteiger charge is 2.34. The number of carbonyl (C=O) groups excluding carboxylic acids is 2. The Balaban J connectivity index is 2.10. The molecule has 0 saturated carbocycles. The molecule has 0 unspecified atom stereocenters. The molecule has 0 aliphatic rings. The largest absolute Gasteiger partial charge is 0.495 e. The van der Waals surface area contributed by atoms with Crippen LogP contribution in [-0.2, 0) is 26.2 Å². The Morgan fingerprint density at radius 2 is 1.63 bits per heavy atom. The lowest BCUT2D eigenvalue weighted by Crippen LogP contribution is -2.54. The molecular formula is C30H35Cl2N3O5S. The highest BCUT2D eigenvalue weighted by atomic mass is 35.5. The number of rotatable bonds is 10. The van der Waals surface area contributed by atoms with Crippen molar-refractivity contribution in [1.82, 2.24) is 10.2 Å². The second kappa shape index (κ2) is 13.1. The monoisotopic (exact) mass is 619 g/mol. The van der Waals surface area contributed by atoms with Crippen LogP contribution in [0.15, 0.2) is 71.6 Å². The van der Waals surface area contributed by atoms with Gasteiger partial charge in [-0.15, -0.1) is 0 Å². The number of halogens is 2. The zero-order valence-corrected chi connectivity index (χ0v) is 26.3. The molecule has 0 bridgehead atoms. The molecule has 0 aliphatic carbocycles. The molecular weight excluding hydrogens is 585 g/mol. The van der Waals surface area contributed by atoms with Crippen LogP contribution in [0, 0.1) is 6.92 Å². The number of hydrogen-bond acceptors (Lipinski definition) is 5. The SMILES string of the molecule is COc1ccccc1N(CC(=O)N(Cc1ccc(Cl)cc1Cl)[C@H](C)C(=O)NC(C)(C)C)S(=O)(=O)c1ccc(C)cc1. The van der Waals surface area contributed by atoms with Crippen LogP contribution >= 0.6 is 23.2 Å². The number of nitrogens with zero attached hydrogens (tertiary/aromatic N) is 2. The first kappa shape index (κ1) is 32.2. The fraction of sp³-hybridized carbons (Fsp3) is 0.333. The molecule has 0 fully saturated rings. The zero-order valence-electron chi connectivity index (χ0n) is 23.9. The topological polar surface area (TPSA) is 96.0 Å². The van der Waals surface area contributed by atoms with E-state index in [0.29, 0.717) is 15.6 Å². The number of benzene rings is 3. The summed E-state index contributed by atoms with van der Waals surface area (Å²) in [4.78, 5) is 28.6. The van der Waals surface area contributed by atoms with Gasteiger partial charge in [-0.3, -0.25) is 13.9 Å². The molecule has 41 heavy (non-hydrogen) atoms. The highest BCUT2D eigenvalue weighted by molar-refractivity contribution is 7.92. The van der Waals surface area contributed by atoms with Crippen molar-refractivity contribution in [3.8, 4) is 5.75 Å². The van der Waals surface area contributed by atoms with Gasteiger partial charge in [0.2, 0.25) is 11.8 Å². The van der Waals surface area contributed by atoms with Gasteiger partial charge in [0.25, 0.3) is 10.0 Å². The van der Waals surface area contributed by atoms with Crippen molar-refractivity contribution < 1.29 is 22.7 Å². The van der Waals surface area contributed by atoms with Gasteiger partial charge in [-0.2, -0.15) is 0 Å². The molecule has 1 atom stereocenters. The summed E-state index contributed by atoms with van der Waals surface area (Å²) < 4.78 is 34.5. The first-order valence-electron chi connectivity index (χ1n) is 12.9. The van der Waals surface area contributed by atoms with E-state index in [1.807, 2.05) is 27.7 Å². The Hall–Kier alpha value is -3.27. The Kier molecular flexibility index (Phi) is 10.3. The molecule has 0 aliphatic heterocycles. The Morgan fingerprint density at radius 1 is 1.00 bits per heavy atom. The molecule has 220 valence electrons. The van der Waals surface area contributed by atoms with E-state index in [1.165, 1.54) is 24.1 Å². The number of sulfonamides is 1. The molecule has 3 rings (SSSR count). The van der Waals surface area contributed by atoms with Crippen LogP contribution in [0.25, 0.3) is 0 Å². The van der Waals surface area contributed by atoms with Crippen molar-refractivity contribution in [2.45, 2.75) is 57.6 Å². The number of hydrogen-bond donors (Lipinski definition) is 1. The molecule has 0 heterocycles. The van der Waals surface area contributed by atoms with Gasteiger partial charge in [0.1, 0.15) is 18.3 Å². The minimum Gasteiger partial charge on any atom is -0.495 e. The van der Waals surface area contributed by atoms with Gasteiger partial charge in [-0.25, -0.2) is 8.42 Å². The quantitative estimate of drug-likeness (QED) is 0.308. The van der Waals surface area contributed by atoms with Crippen LogP contribution in [-0.4, -0.2) is 50.4 Å². The first-order chi connectivity index (χ1) is 19.1. The van der Waals surface area contributed by atoms with Gasteiger partial charge >= 0.3 is 0 Å². The number of carbonyl (C=O) groups is 2. The van der Waals surface area contributed by atoms with E-state index in [4.69, 9.17) is 27.9 Å². The molecule has 3 aromatic rings. The number of aryl methyl sites for hydroxylation is 1. The lowest BCUT2D eigenvalue weighted by molar-refractivity contribution is -0.140. The molecule has 8 nitrogen and oxygen atoms in total. The van der Waals surface area contributed by atoms with E-state index in [9.17, 15) is 18.0 Å². The lowest BCUT2D eigenvalue weighted by atomic mass is 10.1. The van der Waals surface area contributed by atoms with Crippen LogP contribution in [0.2, 0.25) is 10.0 Å². The van der Waals surface area contributed by atoms with Gasteiger partial charge < -0.3 is 15.0 Å². The second-order valence-electron chi connectivity index (χ2n) is 10.7. The van der Waals surface area contributed by atoms with E-state index < -0.39 is 40.0 Å². The van der Waals surface area contributed by atoms with Crippen molar-refractivity contribution in [3.63, 3.8) is 0 Å². The highest BCUT2D eigenvalue weighted by Crippen LogP contribution is 2.33. The predicted molar refractivity (Wildman–Crippen MR) is 163 cm³/mol. The summed E-state index contributed by atoms with van der Waals surface area (Å²) in [5, 5.41) is 3.62. The Bertz CT molecular complexity index is 1510. The number of amides is 2. The molecule has 0 radical (unpaired) electrons. The van der Waals surface area contributed by atoms with E-state index in [-0.39, 0.29) is 22.9 Å². The number of methoxy groups -OCH3 is 1. The molecule has 1 N–H and O–H groups in total. The molecule has 0 spiro atoms. The fourth-order valence-corrected chi connectivity index (χ4v) is 5.97. The minimum absolute atomic E-state index is 0.00706. The molecule has 0 saturated heterocycles. The third-order valence-corrected chi connectivity index (χ3v) is 8.62. The Morgan fingerprint density at radius 3 is 2.22 bits per heavy atom. The summed E-state index contributed by atoms with van der Waals surface area (Å²) in [6.07, 6.45) is 0. The predicted octanol–water partition coefficient (Wildman–Crippen LogP) is 5.84. The van der Waals surface area contributed by atoms with Crippen molar-refractivity contribution in [3.05, 3.63) is 87.9 Å². The van der Waals surface area contributed by atoms with Crippen LogP contribution in [0.1, 0.15) is 38.8 Å². The van der Waals surface area contributed by atoms with Crippen LogP contribution in [0.3, 0.4) is 0 Å². The van der Waals surface area contributed by atoms with E-state index in [1.54, 1.807) is 61.5 Å². The number of para-hydroxylation sites is 2. The summed E-state index contributed by atoms with van der Waals surface area (Å²) >= 11 is 12.5. The Labute approximate surface area is 252 Å². The normalized spacial score (nSPS) is 12.4. The average molecular weight is 621 g/mol. The third-order valence-electron chi connectivity index (χ3n) is 6.26. The maximum Gasteiger partial charge on any atom is 0.264 e. The maximum atomic E-state index is 14.1. The van der Waals surface area contributed by atoms with Crippen molar-refractivity contribution in [2.75, 3.05) is 18.0 Å². The van der Waals surface area contributed by atoms with E-state index in [2.05, 4.69) is 5.32 Å². The van der Waals surface area contributed by atoms with E-state index in [0.717, 1.165) is 9.87 Å². The van der Waals surface area contributed by atoms with Crippen LogP contribution in [0.5, 0.6) is 5.75 Å². The minimum atomic E-state index is -4.23. The van der Waals surface area contributed by atoms with Gasteiger partial charge in [0, 0.05) is 22.1 Å². The third kappa shape index (κ3) is 8.15. The maximum absolute atomic E-state index is 14.1.